The fourth-order valence-corrected chi connectivity index (χ4v) is 5.20. The lowest BCUT2D eigenvalue weighted by Crippen LogP contribution is -2.35. The third-order valence-electron chi connectivity index (χ3n) is 4.81. The number of aliphatic hydroxyl groups is 1. The molecule has 1 aromatic heterocycles. The maximum atomic E-state index is 13.2. The van der Waals surface area contributed by atoms with Crippen LogP contribution in [-0.4, -0.2) is 16.6 Å². The molecular formula is C19H21ClO2S. The number of hydrogen-bond acceptors (Lipinski definition) is 3. The van der Waals surface area contributed by atoms with Gasteiger partial charge in [0.1, 0.15) is 0 Å². The number of fused-ring (bicyclic) bond motifs is 2. The number of halogens is 1. The lowest BCUT2D eigenvalue weighted by molar-refractivity contribution is 0.265. The second-order valence-electron chi connectivity index (χ2n) is 6.04. The van der Waals surface area contributed by atoms with Crippen molar-refractivity contribution in [3.63, 3.8) is 0 Å². The number of aliphatic hydroxyl groups excluding tert-OH is 1. The molecule has 0 saturated heterocycles. The van der Waals surface area contributed by atoms with Gasteiger partial charge < -0.3 is 5.11 Å². The van der Waals surface area contributed by atoms with Gasteiger partial charge >= 0.3 is 0 Å². The Morgan fingerprint density at radius 1 is 1.30 bits per heavy atom. The van der Waals surface area contributed by atoms with E-state index in [4.69, 9.17) is 11.6 Å². The molecule has 23 heavy (non-hydrogen) atoms. The largest absolute Gasteiger partial charge is 0.396 e. The van der Waals surface area contributed by atoms with Gasteiger partial charge in [0, 0.05) is 33.1 Å². The molecule has 0 amide bonds. The van der Waals surface area contributed by atoms with Crippen molar-refractivity contribution in [1.29, 1.82) is 0 Å². The molecule has 1 aliphatic rings. The number of hydrogen-bond donors (Lipinski definition) is 1. The van der Waals surface area contributed by atoms with Crippen molar-refractivity contribution in [2.45, 2.75) is 43.9 Å². The Balaban J connectivity index is 2.38. The minimum atomic E-state index is -0.588. The molecular weight excluding hydrogens is 328 g/mol. The van der Waals surface area contributed by atoms with Crippen molar-refractivity contribution in [2.75, 3.05) is 6.61 Å². The van der Waals surface area contributed by atoms with Gasteiger partial charge in [-0.1, -0.05) is 32.1 Å². The van der Waals surface area contributed by atoms with E-state index >= 15 is 0 Å². The van der Waals surface area contributed by atoms with E-state index in [9.17, 15) is 9.90 Å². The van der Waals surface area contributed by atoms with Gasteiger partial charge in [-0.25, -0.2) is 0 Å². The van der Waals surface area contributed by atoms with Crippen LogP contribution in [0.2, 0.25) is 0 Å². The number of allylic oxidation sites excluding steroid dienone is 2. The van der Waals surface area contributed by atoms with Gasteiger partial charge in [-0.3, -0.25) is 4.79 Å². The van der Waals surface area contributed by atoms with Crippen LogP contribution in [-0.2, 0) is 0 Å². The average molecular weight is 349 g/mol. The zero-order valence-corrected chi connectivity index (χ0v) is 15.0. The summed E-state index contributed by atoms with van der Waals surface area (Å²) in [7, 11) is 0. The van der Waals surface area contributed by atoms with E-state index in [1.165, 1.54) is 0 Å². The molecule has 2 unspecified atom stereocenters. The second kappa shape index (κ2) is 6.39. The van der Waals surface area contributed by atoms with Crippen molar-refractivity contribution in [2.24, 2.45) is 0 Å². The van der Waals surface area contributed by atoms with E-state index in [2.05, 4.69) is 13.0 Å². The Bertz CT molecular complexity index is 824. The molecule has 2 atom stereocenters. The molecule has 3 rings (SSSR count). The van der Waals surface area contributed by atoms with Gasteiger partial charge in [-0.2, -0.15) is 0 Å². The summed E-state index contributed by atoms with van der Waals surface area (Å²) in [6.07, 6.45) is 4.22. The summed E-state index contributed by atoms with van der Waals surface area (Å²) in [4.78, 5) is 13.6. The first kappa shape index (κ1) is 16.7. The molecule has 1 heterocycles. The molecule has 2 aromatic rings. The molecule has 122 valence electrons. The second-order valence-corrected chi connectivity index (χ2v) is 7.79. The van der Waals surface area contributed by atoms with Crippen molar-refractivity contribution in [3.8, 4) is 0 Å². The Morgan fingerprint density at radius 2 is 2.04 bits per heavy atom. The Morgan fingerprint density at radius 3 is 2.70 bits per heavy atom. The number of rotatable bonds is 4. The SMILES string of the molecule is CCC1=CC(Cl)(CC)C(CCO)c2c1sc1ccccc1c2=O. The van der Waals surface area contributed by atoms with Crippen molar-refractivity contribution in [1.82, 2.24) is 0 Å². The van der Waals surface area contributed by atoms with Crippen molar-refractivity contribution < 1.29 is 5.11 Å². The quantitative estimate of drug-likeness (QED) is 0.796. The van der Waals surface area contributed by atoms with E-state index in [0.29, 0.717) is 6.42 Å². The van der Waals surface area contributed by atoms with Gasteiger partial charge in [-0.15, -0.1) is 22.9 Å². The van der Waals surface area contributed by atoms with Gasteiger partial charge in [0.2, 0.25) is 0 Å². The maximum absolute atomic E-state index is 13.2. The fourth-order valence-electron chi connectivity index (χ4n) is 3.53. The molecule has 0 aliphatic heterocycles. The van der Waals surface area contributed by atoms with Crippen LogP contribution in [0.15, 0.2) is 35.1 Å². The first-order chi connectivity index (χ1) is 11.1. The highest BCUT2D eigenvalue weighted by molar-refractivity contribution is 7.19. The summed E-state index contributed by atoms with van der Waals surface area (Å²) in [5.41, 5.74) is 2.03. The minimum Gasteiger partial charge on any atom is -0.396 e. The monoisotopic (exact) mass is 348 g/mol. The third-order valence-corrected chi connectivity index (χ3v) is 6.71. The lowest BCUT2D eigenvalue weighted by atomic mass is 9.75. The number of alkyl halides is 1. The summed E-state index contributed by atoms with van der Waals surface area (Å²) >= 11 is 8.58. The van der Waals surface area contributed by atoms with Gasteiger partial charge in [0.25, 0.3) is 0 Å². The molecule has 0 saturated carbocycles. The number of benzene rings is 1. The first-order valence-electron chi connectivity index (χ1n) is 8.13. The van der Waals surface area contributed by atoms with Crippen molar-refractivity contribution >= 4 is 38.6 Å². The molecule has 4 heteroatoms. The Kier molecular flexibility index (Phi) is 4.63. The topological polar surface area (TPSA) is 37.3 Å². The third kappa shape index (κ3) is 2.65. The van der Waals surface area contributed by atoms with E-state index in [1.807, 2.05) is 31.2 Å². The van der Waals surface area contributed by atoms with Gasteiger partial charge in [0.05, 0.1) is 4.87 Å². The molecule has 0 fully saturated rings. The smallest absolute Gasteiger partial charge is 0.192 e. The zero-order valence-electron chi connectivity index (χ0n) is 13.4. The Labute approximate surface area is 145 Å². The van der Waals surface area contributed by atoms with Gasteiger partial charge in [-0.05, 0) is 37.0 Å². The van der Waals surface area contributed by atoms with Crippen LogP contribution >= 0.6 is 22.9 Å². The standard InChI is InChI=1S/C19H21ClO2S/c1-3-12-11-19(20,4-2)14(9-10-21)16-17(22)13-7-5-6-8-15(13)23-18(12)16/h5-8,11,14,21H,3-4,9-10H2,1-2H3. The molecule has 0 radical (unpaired) electrons. The van der Waals surface area contributed by atoms with E-state index in [-0.39, 0.29) is 18.0 Å². The van der Waals surface area contributed by atoms with Crippen LogP contribution < -0.4 is 5.43 Å². The molecule has 0 spiro atoms. The molecule has 0 bridgehead atoms. The molecule has 1 aromatic carbocycles. The summed E-state index contributed by atoms with van der Waals surface area (Å²) in [6.45, 7) is 4.17. The average Bonchev–Trinajstić information content (AvgIpc) is 2.57. The van der Waals surface area contributed by atoms with Crippen LogP contribution in [0.4, 0.5) is 0 Å². The van der Waals surface area contributed by atoms with E-state index in [1.54, 1.807) is 11.3 Å². The van der Waals surface area contributed by atoms with Gasteiger partial charge in [0.15, 0.2) is 5.43 Å². The van der Waals surface area contributed by atoms with E-state index in [0.717, 1.165) is 38.9 Å². The lowest BCUT2D eigenvalue weighted by Gasteiger charge is -2.37. The van der Waals surface area contributed by atoms with Crippen LogP contribution in [0, 0.1) is 0 Å². The molecule has 1 aliphatic carbocycles. The summed E-state index contributed by atoms with van der Waals surface area (Å²) in [5, 5.41) is 10.3. The predicted octanol–water partition coefficient (Wildman–Crippen LogP) is 4.92. The first-order valence-corrected chi connectivity index (χ1v) is 9.32. The highest BCUT2D eigenvalue weighted by Crippen LogP contribution is 2.49. The maximum Gasteiger partial charge on any atom is 0.192 e. The molecule has 1 N–H and O–H groups in total. The van der Waals surface area contributed by atoms with E-state index < -0.39 is 4.87 Å². The minimum absolute atomic E-state index is 0.0325. The van der Waals surface area contributed by atoms with Crippen molar-refractivity contribution in [3.05, 3.63) is 51.0 Å². The summed E-state index contributed by atoms with van der Waals surface area (Å²) < 4.78 is 1.01. The highest BCUT2D eigenvalue weighted by atomic mass is 35.5. The molecule has 2 nitrogen and oxygen atoms in total. The van der Waals surface area contributed by atoms with Crippen LogP contribution in [0.5, 0.6) is 0 Å². The summed E-state index contributed by atoms with van der Waals surface area (Å²) in [5.74, 6) is -0.141. The highest BCUT2D eigenvalue weighted by Gasteiger charge is 2.41. The zero-order chi connectivity index (χ0) is 16.6. The normalized spacial score (nSPS) is 23.7. The summed E-state index contributed by atoms with van der Waals surface area (Å²) in [6, 6.07) is 7.75. The Hall–Kier alpha value is -1.16. The van der Waals surface area contributed by atoms with Crippen LogP contribution in [0.1, 0.15) is 49.5 Å². The van der Waals surface area contributed by atoms with Crippen LogP contribution in [0.25, 0.3) is 15.7 Å². The van der Waals surface area contributed by atoms with Crippen LogP contribution in [0.3, 0.4) is 0 Å². The fraction of sp³-hybridized carbons (Fsp3) is 0.421. The predicted molar refractivity (Wildman–Crippen MR) is 99.7 cm³/mol.